The number of benzene rings is 1. The number of thiocarbonyl (C=S) groups is 1. The Bertz CT molecular complexity index is 756. The average molecular weight is 374 g/mol. The molecule has 2 rings (SSSR count). The van der Waals surface area contributed by atoms with Crippen LogP contribution in [-0.4, -0.2) is 46.9 Å². The SMILES string of the molecule is COC(=O)C(=S)/C(C(=O)OC)=C1/N(Cc2ccccc2)C=CN1C(C)C. The standard InChI is InChI=1S/C19H22N2O4S/c1-13(2)21-11-10-20(12-14-8-6-5-7-9-14)17(21)15(18(22)24-3)16(26)19(23)25-4/h5-11,13H,12H2,1-4H3/b17-15+. The summed E-state index contributed by atoms with van der Waals surface area (Å²) in [6, 6.07) is 9.84. The van der Waals surface area contributed by atoms with E-state index in [2.05, 4.69) is 0 Å². The Hall–Kier alpha value is -2.67. The number of ether oxygens (including phenoxy) is 2. The Kier molecular flexibility index (Phi) is 6.52. The normalized spacial score (nSPS) is 15.3. The molecule has 0 saturated carbocycles. The van der Waals surface area contributed by atoms with Gasteiger partial charge in [-0.1, -0.05) is 42.5 Å². The average Bonchev–Trinajstić information content (AvgIpc) is 3.05. The molecule has 0 radical (unpaired) electrons. The van der Waals surface area contributed by atoms with Crippen molar-refractivity contribution >= 4 is 29.0 Å². The van der Waals surface area contributed by atoms with Crippen LogP contribution in [0.2, 0.25) is 0 Å². The van der Waals surface area contributed by atoms with Crippen molar-refractivity contribution in [2.75, 3.05) is 14.2 Å². The minimum absolute atomic E-state index is 0.0176. The van der Waals surface area contributed by atoms with E-state index in [1.807, 2.05) is 66.4 Å². The monoisotopic (exact) mass is 374 g/mol. The van der Waals surface area contributed by atoms with Gasteiger partial charge in [0.05, 0.1) is 14.2 Å². The Morgan fingerprint density at radius 1 is 1.04 bits per heavy atom. The summed E-state index contributed by atoms with van der Waals surface area (Å²) in [7, 11) is 2.48. The van der Waals surface area contributed by atoms with Gasteiger partial charge in [-0.15, -0.1) is 0 Å². The van der Waals surface area contributed by atoms with Gasteiger partial charge in [-0.2, -0.15) is 0 Å². The molecular formula is C19H22N2O4S. The first-order chi connectivity index (χ1) is 12.4. The first-order valence-corrected chi connectivity index (χ1v) is 8.54. The van der Waals surface area contributed by atoms with Gasteiger partial charge in [-0.25, -0.2) is 9.59 Å². The molecule has 6 nitrogen and oxygen atoms in total. The number of esters is 2. The van der Waals surface area contributed by atoms with Crippen LogP contribution in [-0.2, 0) is 25.6 Å². The van der Waals surface area contributed by atoms with Crippen molar-refractivity contribution < 1.29 is 19.1 Å². The topological polar surface area (TPSA) is 59.1 Å². The predicted molar refractivity (Wildman–Crippen MR) is 102 cm³/mol. The third kappa shape index (κ3) is 4.11. The largest absolute Gasteiger partial charge is 0.465 e. The summed E-state index contributed by atoms with van der Waals surface area (Å²) in [5, 5.41) is 0. The maximum absolute atomic E-state index is 12.5. The fraction of sp³-hybridized carbons (Fsp3) is 0.316. The van der Waals surface area contributed by atoms with Crippen LogP contribution >= 0.6 is 12.2 Å². The van der Waals surface area contributed by atoms with Crippen molar-refractivity contribution in [3.63, 3.8) is 0 Å². The molecule has 1 aliphatic rings. The van der Waals surface area contributed by atoms with Crippen LogP contribution in [0, 0.1) is 0 Å². The number of carbonyl (C=O) groups excluding carboxylic acids is 2. The van der Waals surface area contributed by atoms with E-state index in [1.54, 1.807) is 0 Å². The molecule has 138 valence electrons. The van der Waals surface area contributed by atoms with Gasteiger partial charge in [0, 0.05) is 25.0 Å². The highest BCUT2D eigenvalue weighted by atomic mass is 32.1. The van der Waals surface area contributed by atoms with Gasteiger partial charge in [0.1, 0.15) is 16.3 Å². The van der Waals surface area contributed by atoms with E-state index in [0.717, 1.165) is 5.56 Å². The molecule has 0 spiro atoms. The lowest BCUT2D eigenvalue weighted by atomic mass is 10.1. The van der Waals surface area contributed by atoms with Gasteiger partial charge >= 0.3 is 11.9 Å². The molecule has 0 aromatic heterocycles. The van der Waals surface area contributed by atoms with Crippen molar-refractivity contribution in [1.29, 1.82) is 0 Å². The van der Waals surface area contributed by atoms with Crippen molar-refractivity contribution in [2.45, 2.75) is 26.4 Å². The van der Waals surface area contributed by atoms with Crippen molar-refractivity contribution in [3.8, 4) is 0 Å². The van der Waals surface area contributed by atoms with Crippen molar-refractivity contribution in [1.82, 2.24) is 9.80 Å². The lowest BCUT2D eigenvalue weighted by Crippen LogP contribution is -2.35. The van der Waals surface area contributed by atoms with Crippen LogP contribution in [0.25, 0.3) is 0 Å². The second-order valence-corrected chi connectivity index (χ2v) is 6.33. The molecule has 1 aromatic rings. The predicted octanol–water partition coefficient (Wildman–Crippen LogP) is 2.61. The molecule has 7 heteroatoms. The van der Waals surface area contributed by atoms with Crippen LogP contribution in [0.5, 0.6) is 0 Å². The maximum atomic E-state index is 12.5. The molecule has 0 N–H and O–H groups in total. The van der Waals surface area contributed by atoms with Crippen LogP contribution in [0.15, 0.2) is 54.1 Å². The van der Waals surface area contributed by atoms with E-state index >= 15 is 0 Å². The summed E-state index contributed by atoms with van der Waals surface area (Å²) in [6.45, 7) is 4.47. The molecule has 0 unspecified atom stereocenters. The number of hydrogen-bond donors (Lipinski definition) is 0. The summed E-state index contributed by atoms with van der Waals surface area (Å²) in [6.07, 6.45) is 3.71. The molecule has 0 saturated heterocycles. The van der Waals surface area contributed by atoms with Crippen molar-refractivity contribution in [2.24, 2.45) is 0 Å². The number of nitrogens with zero attached hydrogens (tertiary/aromatic N) is 2. The first-order valence-electron chi connectivity index (χ1n) is 8.13. The smallest absolute Gasteiger partial charge is 0.349 e. The zero-order valence-corrected chi connectivity index (χ0v) is 16.1. The zero-order chi connectivity index (χ0) is 19.3. The van der Waals surface area contributed by atoms with Gasteiger partial charge in [0.2, 0.25) is 0 Å². The third-order valence-electron chi connectivity index (χ3n) is 3.89. The van der Waals surface area contributed by atoms with Gasteiger partial charge in [0.25, 0.3) is 0 Å². The summed E-state index contributed by atoms with van der Waals surface area (Å²) in [4.78, 5) is 28.0. The molecule has 1 aromatic carbocycles. The Balaban J connectivity index is 2.55. The van der Waals surface area contributed by atoms with E-state index < -0.39 is 11.9 Å². The van der Waals surface area contributed by atoms with Crippen LogP contribution in [0.3, 0.4) is 0 Å². The van der Waals surface area contributed by atoms with Gasteiger partial charge in [-0.3, -0.25) is 0 Å². The van der Waals surface area contributed by atoms with E-state index in [9.17, 15) is 9.59 Å². The number of methoxy groups -OCH3 is 2. The molecule has 26 heavy (non-hydrogen) atoms. The molecule has 0 fully saturated rings. The van der Waals surface area contributed by atoms with E-state index in [1.165, 1.54) is 14.2 Å². The number of carbonyl (C=O) groups is 2. The van der Waals surface area contributed by atoms with Gasteiger partial charge < -0.3 is 19.3 Å². The Labute approximate surface area is 158 Å². The van der Waals surface area contributed by atoms with Gasteiger partial charge in [-0.05, 0) is 19.4 Å². The highest BCUT2D eigenvalue weighted by molar-refractivity contribution is 7.82. The molecule has 0 bridgehead atoms. The lowest BCUT2D eigenvalue weighted by molar-refractivity contribution is -0.137. The zero-order valence-electron chi connectivity index (χ0n) is 15.3. The Morgan fingerprint density at radius 2 is 1.65 bits per heavy atom. The van der Waals surface area contributed by atoms with E-state index in [4.69, 9.17) is 21.7 Å². The highest BCUT2D eigenvalue weighted by Crippen LogP contribution is 2.29. The molecule has 0 atom stereocenters. The van der Waals surface area contributed by atoms with Crippen molar-refractivity contribution in [3.05, 3.63) is 59.7 Å². The molecule has 1 heterocycles. The quantitative estimate of drug-likeness (QED) is 0.431. The number of hydrogen-bond acceptors (Lipinski definition) is 7. The van der Waals surface area contributed by atoms with E-state index in [-0.39, 0.29) is 16.5 Å². The second kappa shape index (κ2) is 8.62. The summed E-state index contributed by atoms with van der Waals surface area (Å²) in [5.41, 5.74) is 1.07. The van der Waals surface area contributed by atoms with E-state index in [0.29, 0.717) is 12.4 Å². The number of rotatable bonds is 6. The molecule has 0 amide bonds. The second-order valence-electron chi connectivity index (χ2n) is 5.92. The summed E-state index contributed by atoms with van der Waals surface area (Å²) in [5.74, 6) is -0.919. The lowest BCUT2D eigenvalue weighted by Gasteiger charge is -2.30. The summed E-state index contributed by atoms with van der Waals surface area (Å²) >= 11 is 5.22. The fourth-order valence-corrected chi connectivity index (χ4v) is 2.88. The maximum Gasteiger partial charge on any atom is 0.349 e. The molecule has 1 aliphatic heterocycles. The van der Waals surface area contributed by atoms with Crippen LogP contribution < -0.4 is 0 Å². The van der Waals surface area contributed by atoms with Crippen LogP contribution in [0.1, 0.15) is 19.4 Å². The van der Waals surface area contributed by atoms with Crippen LogP contribution in [0.4, 0.5) is 0 Å². The minimum atomic E-state index is -0.747. The highest BCUT2D eigenvalue weighted by Gasteiger charge is 2.34. The molecule has 0 aliphatic carbocycles. The summed E-state index contributed by atoms with van der Waals surface area (Å²) < 4.78 is 9.61. The first kappa shape index (κ1) is 19.7. The minimum Gasteiger partial charge on any atom is -0.465 e. The Morgan fingerprint density at radius 3 is 2.19 bits per heavy atom. The fourth-order valence-electron chi connectivity index (χ4n) is 2.62. The van der Waals surface area contributed by atoms with Gasteiger partial charge in [0.15, 0.2) is 0 Å². The third-order valence-corrected chi connectivity index (χ3v) is 4.26. The molecular weight excluding hydrogens is 352 g/mol.